The lowest BCUT2D eigenvalue weighted by Crippen LogP contribution is -2.52. The van der Waals surface area contributed by atoms with Crippen molar-refractivity contribution in [3.8, 4) is 0 Å². The van der Waals surface area contributed by atoms with Gasteiger partial charge < -0.3 is 20.4 Å². The summed E-state index contributed by atoms with van der Waals surface area (Å²) in [6, 6.07) is -1.11. The molecule has 0 aromatic rings. The normalized spacial score (nSPS) is 36.5. The van der Waals surface area contributed by atoms with Gasteiger partial charge in [-0.3, -0.25) is 0 Å². The Kier molecular flexibility index (Phi) is 3.24. The summed E-state index contributed by atoms with van der Waals surface area (Å²) in [4.78, 5) is 24.0. The third-order valence-corrected chi connectivity index (χ3v) is 3.53. The Morgan fingerprint density at radius 1 is 1.29 bits per heavy atom. The molecule has 2 fully saturated rings. The van der Waals surface area contributed by atoms with Crippen LogP contribution in [0.5, 0.6) is 0 Å². The van der Waals surface area contributed by atoms with Gasteiger partial charge >= 0.3 is 12.0 Å². The van der Waals surface area contributed by atoms with Crippen molar-refractivity contribution >= 4 is 12.0 Å². The molecule has 2 rings (SSSR count). The maximum absolute atomic E-state index is 11.9. The van der Waals surface area contributed by atoms with Gasteiger partial charge in [-0.25, -0.2) is 9.59 Å². The van der Waals surface area contributed by atoms with Crippen LogP contribution >= 0.6 is 0 Å². The zero-order valence-corrected chi connectivity index (χ0v) is 9.80. The molecule has 96 valence electrons. The number of urea groups is 1. The highest BCUT2D eigenvalue weighted by atomic mass is 16.4. The minimum absolute atomic E-state index is 0.102. The number of likely N-dealkylation sites (tertiary alicyclic amines) is 1. The molecule has 1 saturated heterocycles. The molecule has 0 aromatic carbocycles. The number of aliphatic carboxylic acids is 1. The van der Waals surface area contributed by atoms with Gasteiger partial charge in [0.1, 0.15) is 6.04 Å². The zero-order chi connectivity index (χ0) is 12.6. The topological polar surface area (TPSA) is 89.9 Å². The van der Waals surface area contributed by atoms with Crippen LogP contribution in [0.15, 0.2) is 0 Å². The third kappa shape index (κ3) is 2.52. The van der Waals surface area contributed by atoms with Crippen LogP contribution in [0.4, 0.5) is 4.79 Å². The smallest absolute Gasteiger partial charge is 0.326 e. The van der Waals surface area contributed by atoms with Crippen molar-refractivity contribution in [2.45, 2.75) is 44.4 Å². The van der Waals surface area contributed by atoms with Crippen LogP contribution in [-0.4, -0.2) is 51.8 Å². The van der Waals surface area contributed by atoms with Crippen LogP contribution in [0.3, 0.4) is 0 Å². The highest BCUT2D eigenvalue weighted by Crippen LogP contribution is 2.27. The molecular formula is C11H18N2O4. The number of nitrogens with zero attached hydrogens (tertiary/aromatic N) is 1. The van der Waals surface area contributed by atoms with Crippen molar-refractivity contribution in [1.29, 1.82) is 0 Å². The highest BCUT2D eigenvalue weighted by molar-refractivity contribution is 5.83. The summed E-state index contributed by atoms with van der Waals surface area (Å²) in [6.45, 7) is 2.22. The molecule has 1 aliphatic carbocycles. The van der Waals surface area contributed by atoms with Gasteiger partial charge in [-0.2, -0.15) is 0 Å². The Morgan fingerprint density at radius 2 is 1.94 bits per heavy atom. The second-order valence-corrected chi connectivity index (χ2v) is 5.12. The zero-order valence-electron chi connectivity index (χ0n) is 9.80. The molecule has 17 heavy (non-hydrogen) atoms. The first-order valence-corrected chi connectivity index (χ1v) is 5.95. The van der Waals surface area contributed by atoms with Crippen molar-refractivity contribution < 1.29 is 19.8 Å². The van der Waals surface area contributed by atoms with E-state index in [1.807, 2.05) is 0 Å². The van der Waals surface area contributed by atoms with Crippen molar-refractivity contribution in [2.24, 2.45) is 5.92 Å². The first-order chi connectivity index (χ1) is 7.97. The summed E-state index contributed by atoms with van der Waals surface area (Å²) in [5.74, 6) is -0.432. The fourth-order valence-corrected chi connectivity index (χ4v) is 2.55. The number of β-amino-alcohol motifs (C(OH)–C–C–N with tert-alkyl or cyclic N) is 1. The molecule has 6 heteroatoms. The van der Waals surface area contributed by atoms with Gasteiger partial charge in [-0.05, 0) is 18.8 Å². The Bertz CT molecular complexity index is 327. The van der Waals surface area contributed by atoms with E-state index in [1.54, 1.807) is 0 Å². The Labute approximate surface area is 99.6 Å². The average molecular weight is 242 g/mol. The molecule has 1 aliphatic heterocycles. The number of hydrogen-bond acceptors (Lipinski definition) is 3. The molecule has 2 atom stereocenters. The number of hydrogen-bond donors (Lipinski definition) is 3. The van der Waals surface area contributed by atoms with Gasteiger partial charge in [-0.1, -0.05) is 6.92 Å². The van der Waals surface area contributed by atoms with E-state index in [0.717, 1.165) is 12.8 Å². The number of nitrogens with one attached hydrogen (secondary N) is 1. The largest absolute Gasteiger partial charge is 0.480 e. The van der Waals surface area contributed by atoms with Crippen LogP contribution in [0.1, 0.15) is 26.2 Å². The summed E-state index contributed by atoms with van der Waals surface area (Å²) in [5, 5.41) is 21.2. The van der Waals surface area contributed by atoms with E-state index in [4.69, 9.17) is 5.11 Å². The molecule has 0 radical (unpaired) electrons. The monoisotopic (exact) mass is 242 g/mol. The summed E-state index contributed by atoms with van der Waals surface area (Å²) in [7, 11) is 0. The number of carbonyl (C=O) groups is 2. The third-order valence-electron chi connectivity index (χ3n) is 3.53. The fraction of sp³-hybridized carbons (Fsp3) is 0.818. The van der Waals surface area contributed by atoms with E-state index in [9.17, 15) is 14.7 Å². The number of aliphatic hydroxyl groups is 1. The second-order valence-electron chi connectivity index (χ2n) is 5.12. The predicted molar refractivity (Wildman–Crippen MR) is 59.5 cm³/mol. The number of amides is 2. The number of carboxylic acid groups (broad SMARTS) is 1. The van der Waals surface area contributed by atoms with Crippen molar-refractivity contribution in [1.82, 2.24) is 10.2 Å². The molecule has 2 aliphatic rings. The molecule has 6 nitrogen and oxygen atoms in total. The summed E-state index contributed by atoms with van der Waals surface area (Å²) in [6.07, 6.45) is 1.27. The highest BCUT2D eigenvalue weighted by Gasteiger charge is 2.40. The average Bonchev–Trinajstić information content (AvgIpc) is 2.58. The standard InChI is InChI=1S/C11H18N2O4/c1-6-2-7(3-6)12-11(17)13-5-8(14)4-9(13)10(15)16/h6-9,14H,2-5H2,1H3,(H,12,17)(H,15,16)/t6?,7?,8-,9-/m0/s1. The van der Waals surface area contributed by atoms with E-state index in [1.165, 1.54) is 4.90 Å². The van der Waals surface area contributed by atoms with Crippen LogP contribution < -0.4 is 5.32 Å². The van der Waals surface area contributed by atoms with Gasteiger partial charge in [0, 0.05) is 19.0 Å². The van der Waals surface area contributed by atoms with E-state index < -0.39 is 18.1 Å². The van der Waals surface area contributed by atoms with Crippen molar-refractivity contribution in [3.63, 3.8) is 0 Å². The summed E-state index contributed by atoms with van der Waals surface area (Å²) in [5.41, 5.74) is 0. The minimum atomic E-state index is -1.06. The summed E-state index contributed by atoms with van der Waals surface area (Å²) < 4.78 is 0. The van der Waals surface area contributed by atoms with Gasteiger partial charge in [0.25, 0.3) is 0 Å². The molecule has 1 heterocycles. The van der Waals surface area contributed by atoms with Gasteiger partial charge in [0.05, 0.1) is 6.10 Å². The first-order valence-electron chi connectivity index (χ1n) is 5.95. The Morgan fingerprint density at radius 3 is 2.47 bits per heavy atom. The molecule has 0 spiro atoms. The molecule has 2 amide bonds. The quantitative estimate of drug-likeness (QED) is 0.636. The maximum Gasteiger partial charge on any atom is 0.326 e. The first kappa shape index (κ1) is 12.2. The van der Waals surface area contributed by atoms with Gasteiger partial charge in [-0.15, -0.1) is 0 Å². The molecule has 0 bridgehead atoms. The fourth-order valence-electron chi connectivity index (χ4n) is 2.55. The van der Waals surface area contributed by atoms with E-state index in [-0.39, 0.29) is 25.0 Å². The summed E-state index contributed by atoms with van der Waals surface area (Å²) >= 11 is 0. The SMILES string of the molecule is CC1CC(NC(=O)N2C[C@@H](O)C[C@H]2C(=O)O)C1. The second kappa shape index (κ2) is 4.52. The predicted octanol–water partition coefficient (Wildman–Crippen LogP) is 0.0143. The number of carboxylic acids is 1. The van der Waals surface area contributed by atoms with E-state index in [2.05, 4.69) is 12.2 Å². The lowest BCUT2D eigenvalue weighted by Gasteiger charge is -2.35. The maximum atomic E-state index is 11.9. The van der Waals surface area contributed by atoms with Crippen molar-refractivity contribution in [2.75, 3.05) is 6.54 Å². The van der Waals surface area contributed by atoms with Crippen LogP contribution in [0.2, 0.25) is 0 Å². The molecule has 0 unspecified atom stereocenters. The Balaban J connectivity index is 1.91. The molecule has 1 saturated carbocycles. The van der Waals surface area contributed by atoms with E-state index in [0.29, 0.717) is 5.92 Å². The minimum Gasteiger partial charge on any atom is -0.480 e. The number of rotatable bonds is 2. The number of aliphatic hydroxyl groups excluding tert-OH is 1. The van der Waals surface area contributed by atoms with Crippen molar-refractivity contribution in [3.05, 3.63) is 0 Å². The lowest BCUT2D eigenvalue weighted by atomic mass is 9.82. The van der Waals surface area contributed by atoms with E-state index >= 15 is 0 Å². The molecular weight excluding hydrogens is 224 g/mol. The van der Waals surface area contributed by atoms with Gasteiger partial charge in [0.15, 0.2) is 0 Å². The number of carbonyl (C=O) groups excluding carboxylic acids is 1. The van der Waals surface area contributed by atoms with Crippen LogP contribution in [-0.2, 0) is 4.79 Å². The van der Waals surface area contributed by atoms with Crippen LogP contribution in [0, 0.1) is 5.92 Å². The van der Waals surface area contributed by atoms with Crippen LogP contribution in [0.25, 0.3) is 0 Å². The lowest BCUT2D eigenvalue weighted by molar-refractivity contribution is -0.141. The molecule has 0 aromatic heterocycles. The molecule has 3 N–H and O–H groups in total. The Hall–Kier alpha value is -1.30. The van der Waals surface area contributed by atoms with Gasteiger partial charge in [0.2, 0.25) is 0 Å².